The molecule has 0 fully saturated rings. The molecule has 1 amide bonds. The summed E-state index contributed by atoms with van der Waals surface area (Å²) >= 11 is 0. The van der Waals surface area contributed by atoms with Gasteiger partial charge in [-0.05, 0) is 62.6 Å². The van der Waals surface area contributed by atoms with Crippen molar-refractivity contribution < 1.29 is 19.1 Å². The summed E-state index contributed by atoms with van der Waals surface area (Å²) in [5.41, 5.74) is 5.01. The van der Waals surface area contributed by atoms with Crippen molar-refractivity contribution in [2.24, 2.45) is 0 Å². The Hall–Kier alpha value is -2.82. The number of esters is 1. The van der Waals surface area contributed by atoms with Crippen LogP contribution in [0.25, 0.3) is 0 Å². The van der Waals surface area contributed by atoms with Crippen molar-refractivity contribution in [3.05, 3.63) is 58.7 Å². The predicted octanol–water partition coefficient (Wildman–Crippen LogP) is 3.48. The van der Waals surface area contributed by atoms with E-state index in [0.29, 0.717) is 11.4 Å². The fourth-order valence-corrected chi connectivity index (χ4v) is 2.27. The molecule has 0 saturated carbocycles. The van der Waals surface area contributed by atoms with E-state index in [1.807, 2.05) is 58.0 Å². The summed E-state index contributed by atoms with van der Waals surface area (Å²) < 4.78 is 10.3. The van der Waals surface area contributed by atoms with Crippen LogP contribution in [0, 0.1) is 27.7 Å². The molecule has 2 aromatic carbocycles. The molecule has 0 aliphatic heterocycles. The molecule has 1 N–H and O–H groups in total. The van der Waals surface area contributed by atoms with E-state index in [1.165, 1.54) is 0 Å². The minimum Gasteiger partial charge on any atom is -0.482 e. The largest absolute Gasteiger partial charge is 0.482 e. The van der Waals surface area contributed by atoms with Crippen molar-refractivity contribution in [1.29, 1.82) is 0 Å². The molecule has 0 saturated heterocycles. The summed E-state index contributed by atoms with van der Waals surface area (Å²) in [6.45, 7) is 7.28. The van der Waals surface area contributed by atoms with Crippen LogP contribution in [-0.4, -0.2) is 25.1 Å². The maximum atomic E-state index is 11.9. The van der Waals surface area contributed by atoms with Gasteiger partial charge in [-0.2, -0.15) is 0 Å². The Morgan fingerprint density at radius 3 is 2.32 bits per heavy atom. The number of anilines is 1. The zero-order valence-corrected chi connectivity index (χ0v) is 15.0. The number of carbonyl (C=O) groups is 2. The summed E-state index contributed by atoms with van der Waals surface area (Å²) in [4.78, 5) is 23.6. The van der Waals surface area contributed by atoms with E-state index in [2.05, 4.69) is 5.32 Å². The van der Waals surface area contributed by atoms with Crippen LogP contribution < -0.4 is 10.1 Å². The van der Waals surface area contributed by atoms with Gasteiger partial charge in [-0.15, -0.1) is 0 Å². The monoisotopic (exact) mass is 341 g/mol. The van der Waals surface area contributed by atoms with Crippen molar-refractivity contribution in [3.8, 4) is 5.75 Å². The van der Waals surface area contributed by atoms with E-state index in [1.54, 1.807) is 6.07 Å². The second-order valence-corrected chi connectivity index (χ2v) is 6.06. The smallest absolute Gasteiger partial charge is 0.344 e. The van der Waals surface area contributed by atoms with E-state index >= 15 is 0 Å². The van der Waals surface area contributed by atoms with E-state index in [-0.39, 0.29) is 19.1 Å². The van der Waals surface area contributed by atoms with Gasteiger partial charge in [0.1, 0.15) is 5.75 Å². The molecule has 0 unspecified atom stereocenters. The Kier molecular flexibility index (Phi) is 6.17. The number of carbonyl (C=O) groups excluding carboxylic acids is 2. The quantitative estimate of drug-likeness (QED) is 0.817. The van der Waals surface area contributed by atoms with Crippen LogP contribution in [0.3, 0.4) is 0 Å². The maximum Gasteiger partial charge on any atom is 0.344 e. The molecule has 0 bridgehead atoms. The van der Waals surface area contributed by atoms with Crippen molar-refractivity contribution in [2.75, 3.05) is 18.5 Å². The van der Waals surface area contributed by atoms with Gasteiger partial charge in [-0.25, -0.2) is 4.79 Å². The topological polar surface area (TPSA) is 64.6 Å². The lowest BCUT2D eigenvalue weighted by molar-refractivity contribution is -0.149. The highest BCUT2D eigenvalue weighted by atomic mass is 16.6. The number of nitrogens with one attached hydrogen (secondary N) is 1. The molecule has 2 aromatic rings. The van der Waals surface area contributed by atoms with E-state index in [9.17, 15) is 9.59 Å². The van der Waals surface area contributed by atoms with Crippen molar-refractivity contribution in [2.45, 2.75) is 27.7 Å². The Labute approximate surface area is 148 Å². The fraction of sp³-hybridized carbons (Fsp3) is 0.300. The Morgan fingerprint density at radius 2 is 1.64 bits per heavy atom. The molecule has 5 nitrogen and oxygen atoms in total. The highest BCUT2D eigenvalue weighted by Gasteiger charge is 2.10. The van der Waals surface area contributed by atoms with Gasteiger partial charge >= 0.3 is 5.97 Å². The van der Waals surface area contributed by atoms with Crippen LogP contribution in [0.5, 0.6) is 5.75 Å². The predicted molar refractivity (Wildman–Crippen MR) is 96.9 cm³/mol. The van der Waals surface area contributed by atoms with Crippen LogP contribution in [-0.2, 0) is 14.3 Å². The third kappa shape index (κ3) is 5.64. The Morgan fingerprint density at radius 1 is 0.880 bits per heavy atom. The molecule has 25 heavy (non-hydrogen) atoms. The van der Waals surface area contributed by atoms with Crippen molar-refractivity contribution >= 4 is 17.6 Å². The minimum absolute atomic E-state index is 0.237. The number of hydrogen-bond donors (Lipinski definition) is 1. The summed E-state index contributed by atoms with van der Waals surface area (Å²) in [7, 11) is 0. The summed E-state index contributed by atoms with van der Waals surface area (Å²) in [6.07, 6.45) is 0. The zero-order valence-electron chi connectivity index (χ0n) is 15.0. The Bertz CT molecular complexity index is 783. The van der Waals surface area contributed by atoms with E-state index in [4.69, 9.17) is 9.47 Å². The lowest BCUT2D eigenvalue weighted by Gasteiger charge is -2.10. The maximum absolute atomic E-state index is 11.9. The highest BCUT2D eigenvalue weighted by Crippen LogP contribution is 2.17. The highest BCUT2D eigenvalue weighted by molar-refractivity contribution is 5.93. The van der Waals surface area contributed by atoms with Gasteiger partial charge in [-0.3, -0.25) is 4.79 Å². The first-order chi connectivity index (χ1) is 11.8. The van der Waals surface area contributed by atoms with Crippen molar-refractivity contribution in [3.63, 3.8) is 0 Å². The number of ether oxygens (including phenoxy) is 2. The number of amides is 1. The summed E-state index contributed by atoms with van der Waals surface area (Å²) in [6, 6.07) is 11.3. The van der Waals surface area contributed by atoms with Crippen LogP contribution in [0.15, 0.2) is 36.4 Å². The second-order valence-electron chi connectivity index (χ2n) is 6.06. The first kappa shape index (κ1) is 18.5. The molecule has 2 rings (SSSR count). The number of benzene rings is 2. The van der Waals surface area contributed by atoms with Gasteiger partial charge < -0.3 is 14.8 Å². The first-order valence-electron chi connectivity index (χ1n) is 8.08. The number of hydrogen-bond acceptors (Lipinski definition) is 4. The molecular weight excluding hydrogens is 318 g/mol. The Balaban J connectivity index is 1.77. The van der Waals surface area contributed by atoms with Crippen LogP contribution >= 0.6 is 0 Å². The standard InChI is InChI=1S/C20H23NO4/c1-13-5-8-18(16(4)9-13)21-19(22)11-25-20(23)12-24-17-7-6-14(2)15(3)10-17/h5-10H,11-12H2,1-4H3,(H,21,22). The van der Waals surface area contributed by atoms with Gasteiger partial charge in [0.15, 0.2) is 13.2 Å². The molecule has 0 atom stereocenters. The molecule has 0 heterocycles. The van der Waals surface area contributed by atoms with Gasteiger partial charge in [0.05, 0.1) is 0 Å². The van der Waals surface area contributed by atoms with Crippen molar-refractivity contribution in [1.82, 2.24) is 0 Å². The molecule has 0 aliphatic carbocycles. The third-order valence-corrected chi connectivity index (χ3v) is 3.86. The lowest BCUT2D eigenvalue weighted by Crippen LogP contribution is -2.24. The summed E-state index contributed by atoms with van der Waals surface area (Å²) in [5.74, 6) is -0.375. The minimum atomic E-state index is -0.589. The molecule has 0 radical (unpaired) electrons. The summed E-state index contributed by atoms with van der Waals surface area (Å²) in [5, 5.41) is 2.72. The van der Waals surface area contributed by atoms with Crippen LogP contribution in [0.1, 0.15) is 22.3 Å². The third-order valence-electron chi connectivity index (χ3n) is 3.86. The molecule has 0 aliphatic rings. The molecule has 0 spiro atoms. The van der Waals surface area contributed by atoms with Gasteiger partial charge in [0.2, 0.25) is 0 Å². The second kappa shape index (κ2) is 8.33. The number of rotatable bonds is 6. The zero-order chi connectivity index (χ0) is 18.4. The molecule has 0 aromatic heterocycles. The van der Waals surface area contributed by atoms with Gasteiger partial charge in [0, 0.05) is 5.69 Å². The van der Waals surface area contributed by atoms with E-state index in [0.717, 1.165) is 22.3 Å². The normalized spacial score (nSPS) is 10.2. The lowest BCUT2D eigenvalue weighted by atomic mass is 10.1. The van der Waals surface area contributed by atoms with Gasteiger partial charge in [-0.1, -0.05) is 23.8 Å². The average molecular weight is 341 g/mol. The van der Waals surface area contributed by atoms with Gasteiger partial charge in [0.25, 0.3) is 5.91 Å². The first-order valence-corrected chi connectivity index (χ1v) is 8.08. The molecule has 5 heteroatoms. The molecular formula is C20H23NO4. The van der Waals surface area contributed by atoms with Crippen LogP contribution in [0.2, 0.25) is 0 Å². The van der Waals surface area contributed by atoms with Crippen LogP contribution in [0.4, 0.5) is 5.69 Å². The molecule has 132 valence electrons. The fourth-order valence-electron chi connectivity index (χ4n) is 2.27. The van der Waals surface area contributed by atoms with E-state index < -0.39 is 5.97 Å². The SMILES string of the molecule is Cc1ccc(NC(=O)COC(=O)COc2ccc(C)c(C)c2)c(C)c1. The number of aryl methyl sites for hydroxylation is 4. The average Bonchev–Trinajstić information content (AvgIpc) is 2.56.